The third kappa shape index (κ3) is 5.01. The first-order valence-electron chi connectivity index (χ1n) is 11.9. The number of hydrogen-bond acceptors (Lipinski definition) is 7. The van der Waals surface area contributed by atoms with E-state index in [1.807, 2.05) is 53.2 Å². The van der Waals surface area contributed by atoms with Crippen molar-refractivity contribution in [3.05, 3.63) is 95.6 Å². The van der Waals surface area contributed by atoms with Crippen LogP contribution in [0.25, 0.3) is 0 Å². The van der Waals surface area contributed by atoms with E-state index in [4.69, 9.17) is 9.47 Å². The number of hydrogen-bond donors (Lipinski definition) is 0. The number of anilines is 1. The average molecular weight is 489 g/mol. The first-order valence-corrected chi connectivity index (χ1v) is 11.9. The minimum atomic E-state index is -0.226. The fourth-order valence-electron chi connectivity index (χ4n) is 4.71. The molecular formula is C27H29FN6O2. The number of halogens is 1. The van der Waals surface area contributed by atoms with E-state index in [-0.39, 0.29) is 11.9 Å². The maximum absolute atomic E-state index is 13.4. The van der Waals surface area contributed by atoms with E-state index in [9.17, 15) is 4.39 Å². The van der Waals surface area contributed by atoms with Crippen LogP contribution in [0.5, 0.6) is 11.5 Å². The molecule has 1 atom stereocenters. The van der Waals surface area contributed by atoms with Crippen molar-refractivity contribution < 1.29 is 13.9 Å². The largest absolute Gasteiger partial charge is 0.493 e. The van der Waals surface area contributed by atoms with Crippen LogP contribution in [0.2, 0.25) is 0 Å². The molecule has 0 radical (unpaired) electrons. The minimum absolute atomic E-state index is 0.182. The van der Waals surface area contributed by atoms with Crippen LogP contribution in [-0.2, 0) is 6.54 Å². The van der Waals surface area contributed by atoms with Crippen molar-refractivity contribution >= 4 is 5.69 Å². The van der Waals surface area contributed by atoms with Crippen LogP contribution in [0, 0.1) is 5.82 Å². The van der Waals surface area contributed by atoms with Crippen LogP contribution in [0.3, 0.4) is 0 Å². The second-order valence-corrected chi connectivity index (χ2v) is 8.70. The van der Waals surface area contributed by atoms with E-state index in [2.05, 4.69) is 37.5 Å². The highest BCUT2D eigenvalue weighted by Crippen LogP contribution is 2.35. The SMILES string of the molecule is COc1ccc(C(c2nnnn2Cc2ccccc2)N2CCN(c3ccc(F)cc3)CC2)cc1OC. The number of tetrazole rings is 1. The van der Waals surface area contributed by atoms with Gasteiger partial charge in [-0.2, -0.15) is 0 Å². The van der Waals surface area contributed by atoms with Gasteiger partial charge in [-0.1, -0.05) is 36.4 Å². The van der Waals surface area contributed by atoms with Crippen LogP contribution in [0.15, 0.2) is 72.8 Å². The lowest BCUT2D eigenvalue weighted by Crippen LogP contribution is -2.48. The van der Waals surface area contributed by atoms with Crippen LogP contribution < -0.4 is 14.4 Å². The van der Waals surface area contributed by atoms with Crippen LogP contribution >= 0.6 is 0 Å². The van der Waals surface area contributed by atoms with Gasteiger partial charge < -0.3 is 14.4 Å². The lowest BCUT2D eigenvalue weighted by Gasteiger charge is -2.40. The molecule has 1 aromatic heterocycles. The van der Waals surface area contributed by atoms with E-state index < -0.39 is 0 Å². The highest BCUT2D eigenvalue weighted by Gasteiger charge is 2.31. The summed E-state index contributed by atoms with van der Waals surface area (Å²) < 4.78 is 26.3. The summed E-state index contributed by atoms with van der Waals surface area (Å²) in [4.78, 5) is 4.66. The Morgan fingerprint density at radius 3 is 2.28 bits per heavy atom. The first-order chi connectivity index (χ1) is 17.7. The fourth-order valence-corrected chi connectivity index (χ4v) is 4.71. The van der Waals surface area contributed by atoms with Crippen molar-refractivity contribution in [2.24, 2.45) is 0 Å². The van der Waals surface area contributed by atoms with E-state index >= 15 is 0 Å². The van der Waals surface area contributed by atoms with Gasteiger partial charge in [-0.3, -0.25) is 4.90 Å². The molecular weight excluding hydrogens is 459 g/mol. The van der Waals surface area contributed by atoms with Gasteiger partial charge >= 0.3 is 0 Å². The second-order valence-electron chi connectivity index (χ2n) is 8.70. The summed E-state index contributed by atoms with van der Waals surface area (Å²) in [5, 5.41) is 12.8. The summed E-state index contributed by atoms with van der Waals surface area (Å²) >= 11 is 0. The van der Waals surface area contributed by atoms with Gasteiger partial charge in [-0.15, -0.1) is 5.10 Å². The standard InChI is InChI=1S/C27H29FN6O2/c1-35-24-13-8-21(18-25(24)36-2)26(27-29-30-31-34(27)19-20-6-4-3-5-7-20)33-16-14-32(15-17-33)23-11-9-22(28)10-12-23/h3-13,18,26H,14-17,19H2,1-2H3. The summed E-state index contributed by atoms with van der Waals surface area (Å²) in [6, 6.07) is 22.6. The molecule has 1 aliphatic heterocycles. The van der Waals surface area contributed by atoms with E-state index in [1.165, 1.54) is 12.1 Å². The maximum Gasteiger partial charge on any atom is 0.173 e. The Morgan fingerprint density at radius 1 is 0.861 bits per heavy atom. The molecule has 1 fully saturated rings. The minimum Gasteiger partial charge on any atom is -0.493 e. The molecule has 0 spiro atoms. The number of piperazine rings is 1. The third-order valence-corrected chi connectivity index (χ3v) is 6.57. The summed E-state index contributed by atoms with van der Waals surface area (Å²) in [5.74, 6) is 1.87. The third-order valence-electron chi connectivity index (χ3n) is 6.57. The lowest BCUT2D eigenvalue weighted by molar-refractivity contribution is 0.201. The van der Waals surface area contributed by atoms with Crippen molar-refractivity contribution in [2.75, 3.05) is 45.3 Å². The summed E-state index contributed by atoms with van der Waals surface area (Å²) in [5.41, 5.74) is 3.16. The molecule has 0 amide bonds. The molecule has 1 saturated heterocycles. The summed E-state index contributed by atoms with van der Waals surface area (Å²) in [6.07, 6.45) is 0. The van der Waals surface area contributed by atoms with Gasteiger partial charge in [0.05, 0.1) is 26.8 Å². The lowest BCUT2D eigenvalue weighted by atomic mass is 10.0. The molecule has 9 heteroatoms. The molecule has 1 aliphatic rings. The maximum atomic E-state index is 13.4. The quantitative estimate of drug-likeness (QED) is 0.374. The van der Waals surface area contributed by atoms with Crippen LogP contribution in [0.4, 0.5) is 10.1 Å². The Kier molecular flexibility index (Phi) is 7.08. The smallest absolute Gasteiger partial charge is 0.173 e. The Balaban J connectivity index is 1.46. The second kappa shape index (κ2) is 10.7. The molecule has 0 saturated carbocycles. The number of nitrogens with zero attached hydrogens (tertiary/aromatic N) is 6. The molecule has 1 unspecified atom stereocenters. The molecule has 5 rings (SSSR count). The fraction of sp³-hybridized carbons (Fsp3) is 0.296. The van der Waals surface area contributed by atoms with Crippen molar-refractivity contribution in [3.63, 3.8) is 0 Å². The van der Waals surface area contributed by atoms with E-state index in [1.54, 1.807) is 14.2 Å². The predicted octanol–water partition coefficient (Wildman–Crippen LogP) is 3.79. The predicted molar refractivity (Wildman–Crippen MR) is 135 cm³/mol. The number of aromatic nitrogens is 4. The highest BCUT2D eigenvalue weighted by molar-refractivity contribution is 5.47. The number of ether oxygens (including phenoxy) is 2. The molecule has 186 valence electrons. The Labute approximate surface area is 209 Å². The zero-order valence-electron chi connectivity index (χ0n) is 20.4. The van der Waals surface area contributed by atoms with Crippen molar-refractivity contribution in [1.29, 1.82) is 0 Å². The number of rotatable bonds is 8. The van der Waals surface area contributed by atoms with Gasteiger partial charge in [0.2, 0.25) is 0 Å². The molecule has 0 aliphatic carbocycles. The molecule has 2 heterocycles. The van der Waals surface area contributed by atoms with Gasteiger partial charge in [0.15, 0.2) is 17.3 Å². The van der Waals surface area contributed by atoms with Gasteiger partial charge in [0, 0.05) is 31.9 Å². The Bertz CT molecular complexity index is 1270. The first kappa shape index (κ1) is 23.7. The molecule has 0 N–H and O–H groups in total. The van der Waals surface area contributed by atoms with Gasteiger partial charge in [-0.25, -0.2) is 9.07 Å². The molecule has 8 nitrogen and oxygen atoms in total. The van der Waals surface area contributed by atoms with Crippen molar-refractivity contribution in [2.45, 2.75) is 12.6 Å². The number of benzene rings is 3. The zero-order chi connectivity index (χ0) is 24.9. The Morgan fingerprint density at radius 2 is 1.58 bits per heavy atom. The molecule has 36 heavy (non-hydrogen) atoms. The molecule has 4 aromatic rings. The topological polar surface area (TPSA) is 68.5 Å². The zero-order valence-corrected chi connectivity index (χ0v) is 20.4. The van der Waals surface area contributed by atoms with Crippen LogP contribution in [0.1, 0.15) is 23.0 Å². The average Bonchev–Trinajstić information content (AvgIpc) is 3.37. The monoisotopic (exact) mass is 488 g/mol. The van der Waals surface area contributed by atoms with E-state index in [0.717, 1.165) is 48.8 Å². The van der Waals surface area contributed by atoms with Gasteiger partial charge in [-0.05, 0) is 58.0 Å². The Hall–Kier alpha value is -3.98. The number of methoxy groups -OCH3 is 2. The molecule has 3 aromatic carbocycles. The molecule has 0 bridgehead atoms. The summed E-state index contributed by atoms with van der Waals surface area (Å²) in [7, 11) is 3.27. The van der Waals surface area contributed by atoms with Crippen LogP contribution in [-0.4, -0.2) is 65.5 Å². The van der Waals surface area contributed by atoms with Crippen molar-refractivity contribution in [1.82, 2.24) is 25.1 Å². The normalized spacial score (nSPS) is 15.0. The van der Waals surface area contributed by atoms with Gasteiger partial charge in [0.25, 0.3) is 0 Å². The van der Waals surface area contributed by atoms with E-state index in [0.29, 0.717) is 18.0 Å². The van der Waals surface area contributed by atoms with Crippen molar-refractivity contribution in [3.8, 4) is 11.5 Å². The highest BCUT2D eigenvalue weighted by atomic mass is 19.1. The summed E-state index contributed by atoms with van der Waals surface area (Å²) in [6.45, 7) is 3.75. The van der Waals surface area contributed by atoms with Gasteiger partial charge in [0.1, 0.15) is 5.82 Å².